The Bertz CT molecular complexity index is 264. The van der Waals surface area contributed by atoms with E-state index in [2.05, 4.69) is 21.2 Å². The second-order valence-electron chi connectivity index (χ2n) is 3.38. The number of anilines is 1. The standard InChI is InChI=1S/C8H11N3/c1-2-6(1)7-5-8-9-3-4-11(8)10-7/h5-6,9H,1-4H2. The van der Waals surface area contributed by atoms with Gasteiger partial charge in [-0.2, -0.15) is 5.10 Å². The van der Waals surface area contributed by atoms with Crippen molar-refractivity contribution < 1.29 is 0 Å². The maximum absolute atomic E-state index is 4.51. The molecule has 0 amide bonds. The quantitative estimate of drug-likeness (QED) is 0.650. The van der Waals surface area contributed by atoms with Crippen molar-refractivity contribution in [1.82, 2.24) is 9.78 Å². The molecule has 1 aliphatic heterocycles. The third-order valence-corrected chi connectivity index (χ3v) is 2.42. The summed E-state index contributed by atoms with van der Waals surface area (Å²) in [5, 5.41) is 7.81. The molecule has 2 heterocycles. The topological polar surface area (TPSA) is 29.9 Å². The summed E-state index contributed by atoms with van der Waals surface area (Å²) in [7, 11) is 0. The average Bonchev–Trinajstić information content (AvgIpc) is 2.60. The van der Waals surface area contributed by atoms with Crippen molar-refractivity contribution in [2.75, 3.05) is 11.9 Å². The van der Waals surface area contributed by atoms with Gasteiger partial charge in [-0.3, -0.25) is 0 Å². The molecule has 0 radical (unpaired) electrons. The molecule has 0 bridgehead atoms. The first-order chi connectivity index (χ1) is 5.43. The summed E-state index contributed by atoms with van der Waals surface area (Å²) >= 11 is 0. The smallest absolute Gasteiger partial charge is 0.124 e. The van der Waals surface area contributed by atoms with Gasteiger partial charge in [-0.1, -0.05) is 0 Å². The van der Waals surface area contributed by atoms with Gasteiger partial charge in [-0.05, 0) is 12.8 Å². The molecule has 1 N–H and O–H groups in total. The van der Waals surface area contributed by atoms with E-state index in [4.69, 9.17) is 0 Å². The van der Waals surface area contributed by atoms with Crippen molar-refractivity contribution >= 4 is 5.82 Å². The summed E-state index contributed by atoms with van der Waals surface area (Å²) in [6, 6.07) is 2.20. The van der Waals surface area contributed by atoms with E-state index in [1.807, 2.05) is 0 Å². The second-order valence-corrected chi connectivity index (χ2v) is 3.38. The Morgan fingerprint density at radius 3 is 3.18 bits per heavy atom. The van der Waals surface area contributed by atoms with E-state index < -0.39 is 0 Å². The summed E-state index contributed by atoms with van der Waals surface area (Å²) in [5.41, 5.74) is 1.30. The van der Waals surface area contributed by atoms with Crippen LogP contribution in [-0.4, -0.2) is 16.3 Å². The molecule has 1 aromatic rings. The fourth-order valence-corrected chi connectivity index (χ4v) is 1.62. The van der Waals surface area contributed by atoms with Gasteiger partial charge in [0.15, 0.2) is 0 Å². The van der Waals surface area contributed by atoms with Crippen LogP contribution in [0.1, 0.15) is 24.5 Å². The maximum atomic E-state index is 4.51. The molecule has 0 spiro atoms. The molecular weight excluding hydrogens is 138 g/mol. The van der Waals surface area contributed by atoms with Gasteiger partial charge in [-0.15, -0.1) is 0 Å². The van der Waals surface area contributed by atoms with E-state index in [1.54, 1.807) is 0 Å². The van der Waals surface area contributed by atoms with Gasteiger partial charge < -0.3 is 5.32 Å². The lowest BCUT2D eigenvalue weighted by Crippen LogP contribution is -1.97. The van der Waals surface area contributed by atoms with Crippen LogP contribution in [0.3, 0.4) is 0 Å². The number of nitrogens with one attached hydrogen (secondary N) is 1. The van der Waals surface area contributed by atoms with E-state index in [9.17, 15) is 0 Å². The molecule has 3 nitrogen and oxygen atoms in total. The fraction of sp³-hybridized carbons (Fsp3) is 0.625. The van der Waals surface area contributed by atoms with E-state index in [0.717, 1.165) is 19.0 Å². The van der Waals surface area contributed by atoms with Crippen molar-refractivity contribution in [2.45, 2.75) is 25.3 Å². The number of fused-ring (bicyclic) bond motifs is 1. The molecule has 1 aliphatic carbocycles. The average molecular weight is 149 g/mol. The van der Waals surface area contributed by atoms with Crippen molar-refractivity contribution in [1.29, 1.82) is 0 Å². The van der Waals surface area contributed by atoms with Crippen LogP contribution in [0.25, 0.3) is 0 Å². The van der Waals surface area contributed by atoms with E-state index in [0.29, 0.717) is 0 Å². The molecule has 58 valence electrons. The third-order valence-electron chi connectivity index (χ3n) is 2.42. The molecule has 1 aromatic heterocycles. The number of aromatic nitrogens is 2. The van der Waals surface area contributed by atoms with Gasteiger partial charge in [0.05, 0.1) is 12.2 Å². The molecule has 0 unspecified atom stereocenters. The van der Waals surface area contributed by atoms with Crippen molar-refractivity contribution in [2.24, 2.45) is 0 Å². The van der Waals surface area contributed by atoms with Crippen LogP contribution >= 0.6 is 0 Å². The van der Waals surface area contributed by atoms with Crippen LogP contribution in [0, 0.1) is 0 Å². The molecule has 2 aliphatic rings. The van der Waals surface area contributed by atoms with Crippen LogP contribution in [0.4, 0.5) is 5.82 Å². The Balaban J connectivity index is 2.02. The van der Waals surface area contributed by atoms with Crippen LogP contribution in [0.2, 0.25) is 0 Å². The minimum atomic E-state index is 0.787. The first-order valence-corrected chi connectivity index (χ1v) is 4.25. The molecule has 0 aromatic carbocycles. The monoisotopic (exact) mass is 149 g/mol. The van der Waals surface area contributed by atoms with Crippen molar-refractivity contribution in [3.63, 3.8) is 0 Å². The molecule has 1 fully saturated rings. The minimum absolute atomic E-state index is 0.787. The van der Waals surface area contributed by atoms with E-state index in [-0.39, 0.29) is 0 Å². The number of nitrogens with zero attached hydrogens (tertiary/aromatic N) is 2. The minimum Gasteiger partial charge on any atom is -0.368 e. The van der Waals surface area contributed by atoms with Crippen LogP contribution in [0.15, 0.2) is 6.07 Å². The van der Waals surface area contributed by atoms with Gasteiger partial charge in [-0.25, -0.2) is 4.68 Å². The van der Waals surface area contributed by atoms with Gasteiger partial charge in [0, 0.05) is 18.5 Å². The van der Waals surface area contributed by atoms with Crippen LogP contribution < -0.4 is 5.32 Å². The number of rotatable bonds is 1. The van der Waals surface area contributed by atoms with Gasteiger partial charge in [0.2, 0.25) is 0 Å². The molecule has 0 atom stereocenters. The summed E-state index contributed by atoms with van der Waals surface area (Å²) < 4.78 is 2.08. The maximum Gasteiger partial charge on any atom is 0.124 e. The first-order valence-electron chi connectivity index (χ1n) is 4.25. The predicted octanol–water partition coefficient (Wildman–Crippen LogP) is 1.19. The predicted molar refractivity (Wildman–Crippen MR) is 42.7 cm³/mol. The highest BCUT2D eigenvalue weighted by molar-refractivity contribution is 5.41. The van der Waals surface area contributed by atoms with E-state index >= 15 is 0 Å². The lowest BCUT2D eigenvalue weighted by molar-refractivity contribution is 0.680. The highest BCUT2D eigenvalue weighted by Gasteiger charge is 2.27. The Kier molecular flexibility index (Phi) is 0.913. The van der Waals surface area contributed by atoms with Crippen molar-refractivity contribution in [3.05, 3.63) is 11.8 Å². The third kappa shape index (κ3) is 0.768. The lowest BCUT2D eigenvalue weighted by Gasteiger charge is -1.89. The summed E-state index contributed by atoms with van der Waals surface area (Å²) in [5.74, 6) is 2.00. The van der Waals surface area contributed by atoms with Gasteiger partial charge in [0.1, 0.15) is 5.82 Å². The van der Waals surface area contributed by atoms with Gasteiger partial charge in [0.25, 0.3) is 0 Å². The highest BCUT2D eigenvalue weighted by Crippen LogP contribution is 2.40. The van der Waals surface area contributed by atoms with Crippen molar-refractivity contribution in [3.8, 4) is 0 Å². The Morgan fingerprint density at radius 2 is 2.45 bits per heavy atom. The van der Waals surface area contributed by atoms with Gasteiger partial charge >= 0.3 is 0 Å². The lowest BCUT2D eigenvalue weighted by atomic mass is 10.3. The second kappa shape index (κ2) is 1.78. The Labute approximate surface area is 65.4 Å². The number of hydrogen-bond acceptors (Lipinski definition) is 2. The first kappa shape index (κ1) is 5.63. The van der Waals surface area contributed by atoms with E-state index in [1.165, 1.54) is 24.4 Å². The van der Waals surface area contributed by atoms with Crippen LogP contribution in [-0.2, 0) is 6.54 Å². The number of hydrogen-bond donors (Lipinski definition) is 1. The normalized spacial score (nSPS) is 21.5. The zero-order valence-corrected chi connectivity index (χ0v) is 6.38. The molecule has 3 heteroatoms. The Morgan fingerprint density at radius 1 is 1.55 bits per heavy atom. The van der Waals surface area contributed by atoms with Crippen LogP contribution in [0.5, 0.6) is 0 Å². The molecule has 0 saturated heterocycles. The molecule has 1 saturated carbocycles. The largest absolute Gasteiger partial charge is 0.368 e. The zero-order valence-electron chi connectivity index (χ0n) is 6.38. The fourth-order valence-electron chi connectivity index (χ4n) is 1.62. The Hall–Kier alpha value is -0.990. The molecule has 11 heavy (non-hydrogen) atoms. The SMILES string of the molecule is c1c(C2CC2)nn2c1NCC2. The zero-order chi connectivity index (χ0) is 7.26. The molecular formula is C8H11N3. The summed E-state index contributed by atoms with van der Waals surface area (Å²) in [4.78, 5) is 0. The summed E-state index contributed by atoms with van der Waals surface area (Å²) in [6.45, 7) is 2.09. The summed E-state index contributed by atoms with van der Waals surface area (Å²) in [6.07, 6.45) is 2.69. The highest BCUT2D eigenvalue weighted by atomic mass is 15.4. The molecule has 3 rings (SSSR count).